The molecule has 1 aromatic carbocycles. The lowest BCUT2D eigenvalue weighted by Gasteiger charge is -2.06. The van der Waals surface area contributed by atoms with Crippen LogP contribution in [-0.4, -0.2) is 19.2 Å². The average molecular weight is 279 g/mol. The van der Waals surface area contributed by atoms with Crippen molar-refractivity contribution in [2.45, 2.75) is 11.8 Å². The highest BCUT2D eigenvalue weighted by molar-refractivity contribution is 8.13. The maximum Gasteiger partial charge on any atom is 0.270 e. The van der Waals surface area contributed by atoms with E-state index in [1.807, 2.05) is 0 Å². The van der Waals surface area contributed by atoms with Gasteiger partial charge in [-0.25, -0.2) is 8.42 Å². The minimum Gasteiger partial charge on any atom is -0.325 e. The largest absolute Gasteiger partial charge is 0.325 e. The molecule has 0 spiro atoms. The molecule has 0 aromatic heterocycles. The van der Waals surface area contributed by atoms with Crippen molar-refractivity contribution in [3.05, 3.63) is 28.3 Å². The second-order valence-corrected chi connectivity index (χ2v) is 5.59. The molecule has 1 N–H and O–H groups in total. The van der Waals surface area contributed by atoms with Gasteiger partial charge in [0.2, 0.25) is 5.91 Å². The number of nitro groups is 1. The smallest absolute Gasteiger partial charge is 0.270 e. The van der Waals surface area contributed by atoms with Gasteiger partial charge in [0.25, 0.3) is 14.7 Å². The van der Waals surface area contributed by atoms with Crippen molar-refractivity contribution in [2.24, 2.45) is 0 Å². The van der Waals surface area contributed by atoms with Gasteiger partial charge in [0, 0.05) is 29.7 Å². The van der Waals surface area contributed by atoms with E-state index in [0.29, 0.717) is 0 Å². The van der Waals surface area contributed by atoms with Gasteiger partial charge in [0.05, 0.1) is 10.6 Å². The number of halogens is 1. The lowest BCUT2D eigenvalue weighted by Crippen LogP contribution is -2.09. The Balaban J connectivity index is 3.42. The van der Waals surface area contributed by atoms with Crippen LogP contribution in [0.2, 0.25) is 0 Å². The van der Waals surface area contributed by atoms with E-state index in [1.54, 1.807) is 0 Å². The summed E-state index contributed by atoms with van der Waals surface area (Å²) in [7, 11) is 0.940. The average Bonchev–Trinajstić information content (AvgIpc) is 2.15. The fourth-order valence-electron chi connectivity index (χ4n) is 1.12. The Bertz CT molecular complexity index is 584. The van der Waals surface area contributed by atoms with Crippen molar-refractivity contribution >= 4 is 37.0 Å². The molecule has 1 amide bonds. The molecule has 0 unspecified atom stereocenters. The minimum absolute atomic E-state index is 0.0990. The normalized spacial score (nSPS) is 10.9. The quantitative estimate of drug-likeness (QED) is 0.512. The van der Waals surface area contributed by atoms with E-state index in [9.17, 15) is 23.3 Å². The van der Waals surface area contributed by atoms with E-state index in [0.717, 1.165) is 18.2 Å². The lowest BCUT2D eigenvalue weighted by molar-refractivity contribution is -0.385. The second-order valence-electron chi connectivity index (χ2n) is 3.06. The summed E-state index contributed by atoms with van der Waals surface area (Å²) in [5.41, 5.74) is -0.531. The molecule has 0 atom stereocenters. The zero-order valence-corrected chi connectivity index (χ0v) is 10.1. The Morgan fingerprint density at radius 3 is 2.47 bits per heavy atom. The number of nitro benzene ring substituents is 1. The molecule has 0 radical (unpaired) electrons. The van der Waals surface area contributed by atoms with Crippen LogP contribution >= 0.6 is 10.7 Å². The van der Waals surface area contributed by atoms with E-state index in [4.69, 9.17) is 10.7 Å². The summed E-state index contributed by atoms with van der Waals surface area (Å²) in [5, 5.41) is 12.7. The third-order valence-corrected chi connectivity index (χ3v) is 3.11. The van der Waals surface area contributed by atoms with Crippen LogP contribution in [0.4, 0.5) is 11.4 Å². The second kappa shape index (κ2) is 4.68. The molecular formula is C8H7ClN2O5S. The van der Waals surface area contributed by atoms with Gasteiger partial charge < -0.3 is 5.32 Å². The molecule has 9 heteroatoms. The molecule has 0 aliphatic carbocycles. The number of rotatable bonds is 3. The first-order valence-electron chi connectivity index (χ1n) is 4.22. The molecule has 0 aliphatic rings. The van der Waals surface area contributed by atoms with Crippen LogP contribution in [0.25, 0.3) is 0 Å². The molecule has 0 saturated heterocycles. The molecule has 0 saturated carbocycles. The van der Waals surface area contributed by atoms with Crippen molar-refractivity contribution in [3.8, 4) is 0 Å². The Morgan fingerprint density at radius 2 is 2.06 bits per heavy atom. The monoisotopic (exact) mass is 278 g/mol. The summed E-state index contributed by atoms with van der Waals surface area (Å²) < 4.78 is 22.4. The zero-order valence-electron chi connectivity index (χ0n) is 8.51. The molecule has 7 nitrogen and oxygen atoms in total. The zero-order chi connectivity index (χ0) is 13.2. The molecule has 1 aromatic rings. The number of anilines is 1. The van der Waals surface area contributed by atoms with E-state index in [2.05, 4.69) is 5.32 Å². The van der Waals surface area contributed by atoms with Crippen LogP contribution in [0.5, 0.6) is 0 Å². The summed E-state index contributed by atoms with van der Waals surface area (Å²) in [6.07, 6.45) is 0. The van der Waals surface area contributed by atoms with Crippen molar-refractivity contribution in [1.82, 2.24) is 0 Å². The predicted molar refractivity (Wildman–Crippen MR) is 60.4 cm³/mol. The van der Waals surface area contributed by atoms with E-state index >= 15 is 0 Å². The number of nitrogens with zero attached hydrogens (tertiary/aromatic N) is 1. The third kappa shape index (κ3) is 3.40. The van der Waals surface area contributed by atoms with Gasteiger partial charge in [-0.15, -0.1) is 0 Å². The molecule has 92 valence electrons. The highest BCUT2D eigenvalue weighted by atomic mass is 35.7. The summed E-state index contributed by atoms with van der Waals surface area (Å²) in [5.74, 6) is -0.514. The first-order valence-corrected chi connectivity index (χ1v) is 6.53. The van der Waals surface area contributed by atoms with Crippen molar-refractivity contribution < 1.29 is 18.1 Å². The summed E-state index contributed by atoms with van der Waals surface area (Å²) in [6.45, 7) is 1.17. The van der Waals surface area contributed by atoms with Gasteiger partial charge in [-0.1, -0.05) is 0 Å². The number of nitrogens with one attached hydrogen (secondary N) is 1. The van der Waals surface area contributed by atoms with Gasteiger partial charge in [-0.05, 0) is 6.07 Å². The molecule has 17 heavy (non-hydrogen) atoms. The predicted octanol–water partition coefficient (Wildman–Crippen LogP) is 1.48. The highest BCUT2D eigenvalue weighted by Crippen LogP contribution is 2.28. The van der Waals surface area contributed by atoms with Gasteiger partial charge in [0.1, 0.15) is 4.90 Å². The van der Waals surface area contributed by atoms with Gasteiger partial charge in [0.15, 0.2) is 0 Å². The van der Waals surface area contributed by atoms with Crippen LogP contribution in [0.15, 0.2) is 23.1 Å². The Morgan fingerprint density at radius 1 is 1.47 bits per heavy atom. The van der Waals surface area contributed by atoms with Crippen LogP contribution in [-0.2, 0) is 13.8 Å². The number of non-ortho nitro benzene ring substituents is 1. The number of carbonyl (C=O) groups excluding carboxylic acids is 1. The van der Waals surface area contributed by atoms with Crippen LogP contribution in [0.1, 0.15) is 6.92 Å². The Kier molecular flexibility index (Phi) is 3.69. The van der Waals surface area contributed by atoms with Gasteiger partial charge >= 0.3 is 0 Å². The molecule has 0 bridgehead atoms. The van der Waals surface area contributed by atoms with Crippen LogP contribution < -0.4 is 5.32 Å². The third-order valence-electron chi connectivity index (χ3n) is 1.75. The number of hydrogen-bond acceptors (Lipinski definition) is 5. The van der Waals surface area contributed by atoms with E-state index in [1.165, 1.54) is 6.92 Å². The van der Waals surface area contributed by atoms with Crippen LogP contribution in [0.3, 0.4) is 0 Å². The van der Waals surface area contributed by atoms with Gasteiger partial charge in [-0.2, -0.15) is 0 Å². The van der Waals surface area contributed by atoms with Crippen LogP contribution in [0, 0.1) is 10.1 Å². The fraction of sp³-hybridized carbons (Fsp3) is 0.125. The number of amides is 1. The Labute approximate surface area is 101 Å². The molecule has 0 aliphatic heterocycles. The van der Waals surface area contributed by atoms with Crippen molar-refractivity contribution in [2.75, 3.05) is 5.32 Å². The lowest BCUT2D eigenvalue weighted by atomic mass is 10.3. The summed E-state index contributed by atoms with van der Waals surface area (Å²) >= 11 is 0. The maximum atomic E-state index is 11.2. The van der Waals surface area contributed by atoms with Crippen molar-refractivity contribution in [3.63, 3.8) is 0 Å². The molecule has 0 heterocycles. The standard InChI is InChI=1S/C8H7ClN2O5S/c1-5(12)10-7-3-2-6(11(13)14)4-8(7)17(9,15)16/h2-4H,1H3,(H,10,12). The minimum atomic E-state index is -4.18. The SMILES string of the molecule is CC(=O)Nc1ccc([N+](=O)[O-])cc1S(=O)(=O)Cl. The molecule has 1 rings (SSSR count). The summed E-state index contributed by atoms with van der Waals surface area (Å²) in [6, 6.07) is 2.96. The molecule has 0 fully saturated rings. The fourth-order valence-corrected chi connectivity index (χ4v) is 2.15. The van der Waals surface area contributed by atoms with Gasteiger partial charge in [-0.3, -0.25) is 14.9 Å². The van der Waals surface area contributed by atoms with E-state index < -0.39 is 30.5 Å². The van der Waals surface area contributed by atoms with Crippen molar-refractivity contribution in [1.29, 1.82) is 0 Å². The summed E-state index contributed by atoms with van der Waals surface area (Å²) in [4.78, 5) is 20.1. The first kappa shape index (κ1) is 13.4. The number of hydrogen-bond donors (Lipinski definition) is 1. The van der Waals surface area contributed by atoms with E-state index in [-0.39, 0.29) is 5.69 Å². The Hall–Kier alpha value is -1.67. The highest BCUT2D eigenvalue weighted by Gasteiger charge is 2.20. The topological polar surface area (TPSA) is 106 Å². The first-order chi connectivity index (χ1) is 7.71. The number of carbonyl (C=O) groups is 1. The molecular weight excluding hydrogens is 272 g/mol. The maximum absolute atomic E-state index is 11.2. The number of benzene rings is 1.